The van der Waals surface area contributed by atoms with Gasteiger partial charge in [0, 0.05) is 28.6 Å². The van der Waals surface area contributed by atoms with Crippen LogP contribution in [0.1, 0.15) is 0 Å². The molecule has 0 saturated heterocycles. The fourth-order valence-corrected chi connectivity index (χ4v) is 1.59. The van der Waals surface area contributed by atoms with Crippen molar-refractivity contribution in [3.63, 3.8) is 0 Å². The third kappa shape index (κ3) is 1.69. The van der Waals surface area contributed by atoms with E-state index in [1.165, 1.54) is 12.1 Å². The molecule has 4 N–H and O–H groups in total. The second-order valence-corrected chi connectivity index (χ2v) is 3.44. The largest absolute Gasteiger partial charge is 0.398 e. The minimum atomic E-state index is -0.676. The van der Waals surface area contributed by atoms with Crippen LogP contribution in [0.5, 0.6) is 0 Å². The molecule has 0 heterocycles. The molecule has 0 amide bonds. The Morgan fingerprint density at radius 2 is 1.50 bits per heavy atom. The molecule has 16 heavy (non-hydrogen) atoms. The summed E-state index contributed by atoms with van der Waals surface area (Å²) in [6.45, 7) is 0. The molecule has 2 rings (SSSR count). The molecule has 0 radical (unpaired) electrons. The van der Waals surface area contributed by atoms with Crippen LogP contribution in [0.15, 0.2) is 36.4 Å². The van der Waals surface area contributed by atoms with Crippen LogP contribution in [0.4, 0.5) is 20.2 Å². The Morgan fingerprint density at radius 1 is 0.875 bits per heavy atom. The smallest absolute Gasteiger partial charge is 0.134 e. The van der Waals surface area contributed by atoms with E-state index in [1.54, 1.807) is 18.2 Å². The van der Waals surface area contributed by atoms with Crippen LogP contribution in [-0.2, 0) is 0 Å². The molecule has 0 bridgehead atoms. The molecule has 0 aromatic heterocycles. The van der Waals surface area contributed by atoms with Gasteiger partial charge in [0.1, 0.15) is 11.6 Å². The minimum absolute atomic E-state index is 0.206. The van der Waals surface area contributed by atoms with Crippen molar-refractivity contribution in [2.75, 3.05) is 11.5 Å². The fraction of sp³-hybridized carbons (Fsp3) is 0. The van der Waals surface area contributed by atoms with Crippen molar-refractivity contribution < 1.29 is 8.78 Å². The Kier molecular flexibility index (Phi) is 2.48. The number of anilines is 2. The van der Waals surface area contributed by atoms with E-state index in [4.69, 9.17) is 11.5 Å². The quantitative estimate of drug-likeness (QED) is 0.726. The molecule has 0 aliphatic carbocycles. The maximum atomic E-state index is 13.5. The van der Waals surface area contributed by atoms with E-state index in [1.807, 2.05) is 0 Å². The van der Waals surface area contributed by atoms with Gasteiger partial charge in [0.2, 0.25) is 0 Å². The Morgan fingerprint density at radius 3 is 2.06 bits per heavy atom. The summed E-state index contributed by atoms with van der Waals surface area (Å²) in [6, 6.07) is 8.22. The van der Waals surface area contributed by atoms with Gasteiger partial charge in [-0.2, -0.15) is 0 Å². The third-order valence-corrected chi connectivity index (χ3v) is 2.33. The minimum Gasteiger partial charge on any atom is -0.398 e. The van der Waals surface area contributed by atoms with Crippen LogP contribution in [0.2, 0.25) is 0 Å². The van der Waals surface area contributed by atoms with Crippen LogP contribution in [0.25, 0.3) is 11.1 Å². The lowest BCUT2D eigenvalue weighted by molar-refractivity contribution is 0.585. The zero-order valence-electron chi connectivity index (χ0n) is 8.37. The molecule has 0 aliphatic rings. The van der Waals surface area contributed by atoms with E-state index in [0.717, 1.165) is 6.07 Å². The van der Waals surface area contributed by atoms with Crippen LogP contribution < -0.4 is 11.5 Å². The molecule has 82 valence electrons. The summed E-state index contributed by atoms with van der Waals surface area (Å²) in [5.74, 6) is -1.31. The zero-order chi connectivity index (χ0) is 11.7. The van der Waals surface area contributed by atoms with E-state index >= 15 is 0 Å². The van der Waals surface area contributed by atoms with Gasteiger partial charge in [0.25, 0.3) is 0 Å². The van der Waals surface area contributed by atoms with Crippen molar-refractivity contribution in [3.8, 4) is 11.1 Å². The summed E-state index contributed by atoms with van der Waals surface area (Å²) in [4.78, 5) is 0. The average molecular weight is 220 g/mol. The molecule has 0 spiro atoms. The van der Waals surface area contributed by atoms with E-state index in [9.17, 15) is 8.78 Å². The molecule has 0 unspecified atom stereocenters. The van der Waals surface area contributed by atoms with E-state index < -0.39 is 11.6 Å². The predicted octanol–water partition coefficient (Wildman–Crippen LogP) is 2.80. The Balaban J connectivity index is 2.68. The number of nitrogens with two attached hydrogens (primary N) is 2. The van der Waals surface area contributed by atoms with Crippen molar-refractivity contribution in [2.24, 2.45) is 0 Å². The van der Waals surface area contributed by atoms with E-state index in [0.29, 0.717) is 16.9 Å². The number of hydrogen-bond acceptors (Lipinski definition) is 2. The number of hydrogen-bond donors (Lipinski definition) is 2. The standard InChI is InChI=1S/C12H10F2N2/c13-7-4-5-8(9(14)6-7)12-10(15)2-1-3-11(12)16/h1-6H,15-16H2. The van der Waals surface area contributed by atoms with Crippen molar-refractivity contribution in [1.29, 1.82) is 0 Å². The Bertz CT molecular complexity index is 518. The Hall–Kier alpha value is -2.10. The summed E-state index contributed by atoms with van der Waals surface area (Å²) in [7, 11) is 0. The number of nitrogen functional groups attached to an aromatic ring is 2. The summed E-state index contributed by atoms with van der Waals surface area (Å²) >= 11 is 0. The van der Waals surface area contributed by atoms with Gasteiger partial charge in [0.15, 0.2) is 0 Å². The van der Waals surface area contributed by atoms with Gasteiger partial charge in [-0.3, -0.25) is 0 Å². The lowest BCUT2D eigenvalue weighted by Crippen LogP contribution is -1.97. The summed E-state index contributed by atoms with van der Waals surface area (Å²) < 4.78 is 26.3. The van der Waals surface area contributed by atoms with Gasteiger partial charge in [-0.05, 0) is 24.3 Å². The fourth-order valence-electron chi connectivity index (χ4n) is 1.59. The average Bonchev–Trinajstić information content (AvgIpc) is 2.20. The molecule has 4 heteroatoms. The molecule has 0 fully saturated rings. The SMILES string of the molecule is Nc1cccc(N)c1-c1ccc(F)cc1F. The summed E-state index contributed by atoms with van der Waals surface area (Å²) in [5.41, 5.74) is 12.8. The molecule has 2 aromatic carbocycles. The predicted molar refractivity (Wildman–Crippen MR) is 60.6 cm³/mol. The highest BCUT2D eigenvalue weighted by Crippen LogP contribution is 2.33. The second-order valence-electron chi connectivity index (χ2n) is 3.44. The molecule has 0 aliphatic heterocycles. The van der Waals surface area contributed by atoms with Gasteiger partial charge in [0.05, 0.1) is 0 Å². The topological polar surface area (TPSA) is 52.0 Å². The van der Waals surface area contributed by atoms with Crippen LogP contribution >= 0.6 is 0 Å². The van der Waals surface area contributed by atoms with Gasteiger partial charge in [-0.1, -0.05) is 6.07 Å². The van der Waals surface area contributed by atoms with E-state index in [2.05, 4.69) is 0 Å². The van der Waals surface area contributed by atoms with Gasteiger partial charge in [-0.25, -0.2) is 8.78 Å². The van der Waals surface area contributed by atoms with E-state index in [-0.39, 0.29) is 5.56 Å². The third-order valence-electron chi connectivity index (χ3n) is 2.33. The van der Waals surface area contributed by atoms with Crippen molar-refractivity contribution in [3.05, 3.63) is 48.0 Å². The van der Waals surface area contributed by atoms with Crippen molar-refractivity contribution in [2.45, 2.75) is 0 Å². The van der Waals surface area contributed by atoms with Crippen molar-refractivity contribution >= 4 is 11.4 Å². The highest BCUT2D eigenvalue weighted by Gasteiger charge is 2.11. The van der Waals surface area contributed by atoms with Gasteiger partial charge < -0.3 is 11.5 Å². The molecule has 2 nitrogen and oxygen atoms in total. The molecular formula is C12H10F2N2. The first-order valence-corrected chi connectivity index (χ1v) is 4.69. The normalized spacial score (nSPS) is 10.4. The summed E-state index contributed by atoms with van der Waals surface area (Å²) in [6.07, 6.45) is 0. The molecule has 0 atom stereocenters. The lowest BCUT2D eigenvalue weighted by Gasteiger charge is -2.10. The maximum Gasteiger partial charge on any atom is 0.134 e. The molecule has 0 saturated carbocycles. The zero-order valence-corrected chi connectivity index (χ0v) is 8.37. The highest BCUT2D eigenvalue weighted by atomic mass is 19.1. The Labute approximate surface area is 91.5 Å². The van der Waals surface area contributed by atoms with Gasteiger partial charge in [-0.15, -0.1) is 0 Å². The van der Waals surface area contributed by atoms with Crippen LogP contribution in [-0.4, -0.2) is 0 Å². The number of benzene rings is 2. The molecular weight excluding hydrogens is 210 g/mol. The first kappa shape index (κ1) is 10.4. The highest BCUT2D eigenvalue weighted by molar-refractivity contribution is 5.86. The first-order valence-electron chi connectivity index (χ1n) is 4.69. The summed E-state index contributed by atoms with van der Waals surface area (Å²) in [5, 5.41) is 0. The van der Waals surface area contributed by atoms with Crippen LogP contribution in [0, 0.1) is 11.6 Å². The van der Waals surface area contributed by atoms with Gasteiger partial charge >= 0.3 is 0 Å². The second kappa shape index (κ2) is 3.81. The first-order chi connectivity index (χ1) is 7.59. The number of halogens is 2. The van der Waals surface area contributed by atoms with Crippen molar-refractivity contribution in [1.82, 2.24) is 0 Å². The monoisotopic (exact) mass is 220 g/mol. The lowest BCUT2D eigenvalue weighted by atomic mass is 10.0. The maximum absolute atomic E-state index is 13.5. The number of rotatable bonds is 1. The molecule has 2 aromatic rings. The van der Waals surface area contributed by atoms with Crippen LogP contribution in [0.3, 0.4) is 0 Å².